The number of aromatic nitrogens is 1. The summed E-state index contributed by atoms with van der Waals surface area (Å²) in [5.41, 5.74) is 3.14. The van der Waals surface area contributed by atoms with E-state index in [1.54, 1.807) is 13.3 Å². The predicted molar refractivity (Wildman–Crippen MR) is 103 cm³/mol. The maximum Gasteiger partial charge on any atom is 0.255 e. The molecular weight excluding hydrogens is 326 g/mol. The van der Waals surface area contributed by atoms with Gasteiger partial charge in [0.25, 0.3) is 5.91 Å². The summed E-state index contributed by atoms with van der Waals surface area (Å²) in [4.78, 5) is 19.0. The highest BCUT2D eigenvalue weighted by atomic mass is 16.5. The van der Waals surface area contributed by atoms with Crippen LogP contribution in [0.25, 0.3) is 0 Å². The van der Waals surface area contributed by atoms with E-state index in [0.29, 0.717) is 18.1 Å². The van der Waals surface area contributed by atoms with Crippen molar-refractivity contribution in [3.63, 3.8) is 0 Å². The first-order chi connectivity index (χ1) is 12.7. The number of nitrogens with zero attached hydrogens (tertiary/aromatic N) is 2. The standard InChI is InChI=1S/C21H27N3O2/c1-16-6-3-4-8-18(16)12-22-20-10-9-19(13-23-20)21(25)24-11-5-7-17(14-24)15-26-2/h3-4,6,8-10,13,17H,5,7,11-12,14-15H2,1-2H3,(H,22,23). The Morgan fingerprint density at radius 2 is 2.15 bits per heavy atom. The summed E-state index contributed by atoms with van der Waals surface area (Å²) < 4.78 is 5.24. The van der Waals surface area contributed by atoms with E-state index in [2.05, 4.69) is 29.4 Å². The number of aryl methyl sites for hydroxylation is 1. The molecule has 0 bridgehead atoms. The summed E-state index contributed by atoms with van der Waals surface area (Å²) in [6, 6.07) is 12.0. The molecule has 1 aliphatic rings. The van der Waals surface area contributed by atoms with Crippen LogP contribution >= 0.6 is 0 Å². The first-order valence-corrected chi connectivity index (χ1v) is 9.20. The Morgan fingerprint density at radius 3 is 2.88 bits per heavy atom. The van der Waals surface area contributed by atoms with E-state index in [0.717, 1.165) is 38.3 Å². The lowest BCUT2D eigenvalue weighted by atomic mass is 9.98. The van der Waals surface area contributed by atoms with E-state index in [1.807, 2.05) is 29.2 Å². The van der Waals surface area contributed by atoms with Crippen LogP contribution < -0.4 is 5.32 Å². The molecule has 1 saturated heterocycles. The molecule has 1 fully saturated rings. The minimum absolute atomic E-state index is 0.0590. The summed E-state index contributed by atoms with van der Waals surface area (Å²) in [6.45, 7) is 5.11. The number of rotatable bonds is 6. The van der Waals surface area contributed by atoms with Crippen LogP contribution in [0.5, 0.6) is 0 Å². The van der Waals surface area contributed by atoms with Gasteiger partial charge in [0.15, 0.2) is 0 Å². The number of benzene rings is 1. The molecule has 0 spiro atoms. The van der Waals surface area contributed by atoms with Gasteiger partial charge in [-0.25, -0.2) is 4.98 Å². The van der Waals surface area contributed by atoms with Crippen molar-refractivity contribution in [1.82, 2.24) is 9.88 Å². The molecule has 1 unspecified atom stereocenters. The summed E-state index contributed by atoms with van der Waals surface area (Å²) in [7, 11) is 1.72. The van der Waals surface area contributed by atoms with E-state index in [4.69, 9.17) is 4.74 Å². The number of piperidine rings is 1. The number of carbonyl (C=O) groups is 1. The zero-order valence-electron chi connectivity index (χ0n) is 15.6. The minimum Gasteiger partial charge on any atom is -0.384 e. The number of hydrogen-bond donors (Lipinski definition) is 1. The van der Waals surface area contributed by atoms with Gasteiger partial charge in [0, 0.05) is 32.9 Å². The highest BCUT2D eigenvalue weighted by Gasteiger charge is 2.24. The molecule has 0 saturated carbocycles. The lowest BCUT2D eigenvalue weighted by molar-refractivity contribution is 0.0570. The van der Waals surface area contributed by atoms with Gasteiger partial charge in [0.05, 0.1) is 12.2 Å². The summed E-state index contributed by atoms with van der Waals surface area (Å²) in [5, 5.41) is 3.32. The maximum absolute atomic E-state index is 12.7. The van der Waals surface area contributed by atoms with Crippen molar-refractivity contribution in [1.29, 1.82) is 0 Å². The number of methoxy groups -OCH3 is 1. The number of hydrogen-bond acceptors (Lipinski definition) is 4. The van der Waals surface area contributed by atoms with Gasteiger partial charge in [-0.15, -0.1) is 0 Å². The zero-order chi connectivity index (χ0) is 18.4. The van der Waals surface area contributed by atoms with Gasteiger partial charge in [-0.2, -0.15) is 0 Å². The van der Waals surface area contributed by atoms with Crippen molar-refractivity contribution < 1.29 is 9.53 Å². The average molecular weight is 353 g/mol. The van der Waals surface area contributed by atoms with Crippen LogP contribution in [0.2, 0.25) is 0 Å². The summed E-state index contributed by atoms with van der Waals surface area (Å²) >= 11 is 0. The van der Waals surface area contributed by atoms with Crippen LogP contribution in [0.1, 0.15) is 34.3 Å². The first kappa shape index (κ1) is 18.4. The zero-order valence-corrected chi connectivity index (χ0v) is 15.6. The lowest BCUT2D eigenvalue weighted by Gasteiger charge is -2.32. The van der Waals surface area contributed by atoms with Crippen LogP contribution in [0.15, 0.2) is 42.6 Å². The second kappa shape index (κ2) is 8.81. The number of nitrogens with one attached hydrogen (secondary N) is 1. The lowest BCUT2D eigenvalue weighted by Crippen LogP contribution is -2.41. The van der Waals surface area contributed by atoms with Gasteiger partial charge in [-0.05, 0) is 48.9 Å². The molecule has 2 aromatic rings. The predicted octanol–water partition coefficient (Wildman–Crippen LogP) is 3.50. The molecule has 5 heteroatoms. The molecule has 1 aromatic heterocycles. The summed E-state index contributed by atoms with van der Waals surface area (Å²) in [6.07, 6.45) is 3.82. The van der Waals surface area contributed by atoms with Crippen LogP contribution in [-0.4, -0.2) is 42.6 Å². The van der Waals surface area contributed by atoms with E-state index < -0.39 is 0 Å². The van der Waals surface area contributed by atoms with Crippen molar-refractivity contribution in [3.8, 4) is 0 Å². The number of anilines is 1. The quantitative estimate of drug-likeness (QED) is 0.864. The molecule has 1 atom stereocenters. The van der Waals surface area contributed by atoms with Crippen molar-refractivity contribution in [2.75, 3.05) is 32.1 Å². The molecule has 138 valence electrons. The Hall–Kier alpha value is -2.40. The number of likely N-dealkylation sites (tertiary alicyclic amines) is 1. The Morgan fingerprint density at radius 1 is 1.31 bits per heavy atom. The highest BCUT2D eigenvalue weighted by Crippen LogP contribution is 2.19. The van der Waals surface area contributed by atoms with E-state index in [1.165, 1.54) is 11.1 Å². The molecule has 0 radical (unpaired) electrons. The number of carbonyl (C=O) groups excluding carboxylic acids is 1. The smallest absolute Gasteiger partial charge is 0.255 e. The van der Waals surface area contributed by atoms with Crippen LogP contribution in [0.3, 0.4) is 0 Å². The third-order valence-corrected chi connectivity index (χ3v) is 4.94. The topological polar surface area (TPSA) is 54.5 Å². The average Bonchev–Trinajstić information content (AvgIpc) is 2.68. The Labute approximate surface area is 155 Å². The van der Waals surface area contributed by atoms with Gasteiger partial charge in [-0.3, -0.25) is 4.79 Å². The van der Waals surface area contributed by atoms with Gasteiger partial charge in [-0.1, -0.05) is 24.3 Å². The fourth-order valence-electron chi connectivity index (χ4n) is 3.42. The summed E-state index contributed by atoms with van der Waals surface area (Å²) in [5.74, 6) is 1.27. The second-order valence-corrected chi connectivity index (χ2v) is 6.93. The molecule has 5 nitrogen and oxygen atoms in total. The largest absolute Gasteiger partial charge is 0.384 e. The van der Waals surface area contributed by atoms with Crippen molar-refractivity contribution in [2.24, 2.45) is 5.92 Å². The minimum atomic E-state index is 0.0590. The second-order valence-electron chi connectivity index (χ2n) is 6.93. The van der Waals surface area contributed by atoms with Crippen molar-refractivity contribution in [3.05, 3.63) is 59.3 Å². The molecule has 2 heterocycles. The Bertz CT molecular complexity index is 728. The highest BCUT2D eigenvalue weighted by molar-refractivity contribution is 5.94. The Balaban J connectivity index is 1.58. The van der Waals surface area contributed by atoms with Crippen LogP contribution in [-0.2, 0) is 11.3 Å². The van der Waals surface area contributed by atoms with E-state index in [9.17, 15) is 4.79 Å². The van der Waals surface area contributed by atoms with Crippen molar-refractivity contribution in [2.45, 2.75) is 26.3 Å². The molecule has 0 aliphatic carbocycles. The van der Waals surface area contributed by atoms with Crippen LogP contribution in [0, 0.1) is 12.8 Å². The SMILES string of the molecule is COCC1CCCN(C(=O)c2ccc(NCc3ccccc3C)nc2)C1. The van der Waals surface area contributed by atoms with Gasteiger partial charge >= 0.3 is 0 Å². The molecule has 1 aliphatic heterocycles. The molecule has 3 rings (SSSR count). The normalized spacial score (nSPS) is 17.2. The molecule has 1 aromatic carbocycles. The number of amides is 1. The molecular formula is C21H27N3O2. The monoisotopic (exact) mass is 353 g/mol. The van der Waals surface area contributed by atoms with Gasteiger partial charge < -0.3 is 15.0 Å². The fraction of sp³-hybridized carbons (Fsp3) is 0.429. The van der Waals surface area contributed by atoms with Crippen molar-refractivity contribution >= 4 is 11.7 Å². The van der Waals surface area contributed by atoms with E-state index in [-0.39, 0.29) is 5.91 Å². The van der Waals surface area contributed by atoms with E-state index >= 15 is 0 Å². The first-order valence-electron chi connectivity index (χ1n) is 9.20. The Kier molecular flexibility index (Phi) is 6.23. The third kappa shape index (κ3) is 4.61. The molecule has 1 amide bonds. The molecule has 26 heavy (non-hydrogen) atoms. The van der Waals surface area contributed by atoms with Gasteiger partial charge in [0.2, 0.25) is 0 Å². The van der Waals surface area contributed by atoms with Crippen LogP contribution in [0.4, 0.5) is 5.82 Å². The number of pyridine rings is 1. The molecule has 1 N–H and O–H groups in total. The fourth-order valence-corrected chi connectivity index (χ4v) is 3.42. The van der Waals surface area contributed by atoms with Gasteiger partial charge in [0.1, 0.15) is 5.82 Å². The maximum atomic E-state index is 12.7. The number of ether oxygens (including phenoxy) is 1. The third-order valence-electron chi connectivity index (χ3n) is 4.94.